The highest BCUT2D eigenvalue weighted by Crippen LogP contribution is 2.23. The number of hydrogen-bond acceptors (Lipinski definition) is 5. The zero-order valence-electron chi connectivity index (χ0n) is 9.04. The Morgan fingerprint density at radius 2 is 2.41 bits per heavy atom. The van der Waals surface area contributed by atoms with Crippen LogP contribution in [0, 0.1) is 6.92 Å². The maximum Gasteiger partial charge on any atom is 0.327 e. The predicted molar refractivity (Wildman–Crippen MR) is 66.5 cm³/mol. The second-order valence-electron chi connectivity index (χ2n) is 3.53. The number of aryl methyl sites for hydroxylation is 1. The van der Waals surface area contributed by atoms with Crippen LogP contribution in [0.3, 0.4) is 0 Å². The van der Waals surface area contributed by atoms with Crippen molar-refractivity contribution in [3.8, 4) is 0 Å². The molecule has 0 bridgehead atoms. The molecule has 2 amide bonds. The van der Waals surface area contributed by atoms with Crippen molar-refractivity contribution < 1.29 is 14.7 Å². The van der Waals surface area contributed by atoms with Crippen molar-refractivity contribution in [2.45, 2.75) is 13.0 Å². The van der Waals surface area contributed by atoms with Crippen molar-refractivity contribution in [1.82, 2.24) is 9.88 Å². The fourth-order valence-electron chi connectivity index (χ4n) is 1.42. The number of carboxylic acids is 1. The molecule has 0 saturated carbocycles. The Morgan fingerprint density at radius 3 is 3.00 bits per heavy atom. The number of carboxylic acid groups (broad SMARTS) is 1. The lowest BCUT2D eigenvalue weighted by atomic mass is 10.3. The van der Waals surface area contributed by atoms with Crippen molar-refractivity contribution in [2.75, 3.05) is 16.9 Å². The molecule has 1 fully saturated rings. The number of urea groups is 1. The lowest BCUT2D eigenvalue weighted by Gasteiger charge is -2.19. The van der Waals surface area contributed by atoms with E-state index in [2.05, 4.69) is 10.3 Å². The van der Waals surface area contributed by atoms with Gasteiger partial charge < -0.3 is 10.0 Å². The number of carbonyl (C=O) groups is 2. The van der Waals surface area contributed by atoms with Gasteiger partial charge in [0.2, 0.25) is 0 Å². The molecule has 0 aromatic carbocycles. The molecule has 0 radical (unpaired) electrons. The molecule has 0 aliphatic carbocycles. The standard InChI is InChI=1S/C9H11N3O3S2/c1-5-2-10-8(17-5)11-9(15)12-4-16-3-6(12)7(13)14/h2,6H,3-4H2,1H3,(H,13,14)(H,10,11,15). The van der Waals surface area contributed by atoms with Gasteiger partial charge >= 0.3 is 12.0 Å². The fraction of sp³-hybridized carbons (Fsp3) is 0.444. The highest BCUT2D eigenvalue weighted by Gasteiger charge is 2.34. The SMILES string of the molecule is Cc1cnc(NC(=O)N2CSCC2C(=O)O)s1. The van der Waals surface area contributed by atoms with Gasteiger partial charge in [-0.15, -0.1) is 23.1 Å². The molecule has 92 valence electrons. The van der Waals surface area contributed by atoms with Crippen LogP contribution in [-0.2, 0) is 4.79 Å². The smallest absolute Gasteiger partial charge is 0.327 e. The average molecular weight is 273 g/mol. The maximum atomic E-state index is 11.8. The van der Waals surface area contributed by atoms with Crippen molar-refractivity contribution in [3.63, 3.8) is 0 Å². The van der Waals surface area contributed by atoms with Gasteiger partial charge in [0.15, 0.2) is 5.13 Å². The number of thiazole rings is 1. The van der Waals surface area contributed by atoms with E-state index in [9.17, 15) is 9.59 Å². The summed E-state index contributed by atoms with van der Waals surface area (Å²) in [6.45, 7) is 1.89. The third kappa shape index (κ3) is 2.70. The monoisotopic (exact) mass is 273 g/mol. The first-order chi connectivity index (χ1) is 8.08. The van der Waals surface area contributed by atoms with Crippen LogP contribution in [-0.4, -0.2) is 44.7 Å². The van der Waals surface area contributed by atoms with Crippen molar-refractivity contribution >= 4 is 40.2 Å². The number of rotatable bonds is 2. The van der Waals surface area contributed by atoms with Crippen LogP contribution in [0.1, 0.15) is 4.88 Å². The Kier molecular flexibility index (Phi) is 3.53. The fourth-order valence-corrected chi connectivity index (χ4v) is 3.22. The summed E-state index contributed by atoms with van der Waals surface area (Å²) in [6, 6.07) is -1.15. The Labute approximate surface area is 106 Å². The van der Waals surface area contributed by atoms with Crippen LogP contribution in [0.25, 0.3) is 0 Å². The minimum Gasteiger partial charge on any atom is -0.480 e. The zero-order chi connectivity index (χ0) is 12.4. The molecule has 2 rings (SSSR count). The molecular formula is C9H11N3O3S2. The summed E-state index contributed by atoms with van der Waals surface area (Å²) < 4.78 is 0. The molecular weight excluding hydrogens is 262 g/mol. The van der Waals surface area contributed by atoms with Gasteiger partial charge in [-0.25, -0.2) is 14.6 Å². The Morgan fingerprint density at radius 1 is 1.65 bits per heavy atom. The normalized spacial score (nSPS) is 19.4. The molecule has 0 spiro atoms. The summed E-state index contributed by atoms with van der Waals surface area (Å²) in [6.07, 6.45) is 1.66. The minimum atomic E-state index is -0.972. The number of hydrogen-bond donors (Lipinski definition) is 2. The second kappa shape index (κ2) is 4.92. The van der Waals surface area contributed by atoms with Crippen LogP contribution in [0.5, 0.6) is 0 Å². The summed E-state index contributed by atoms with van der Waals surface area (Å²) in [5.41, 5.74) is 0. The predicted octanol–water partition coefficient (Wildman–Crippen LogP) is 1.44. The summed E-state index contributed by atoms with van der Waals surface area (Å²) in [4.78, 5) is 29.1. The number of carbonyl (C=O) groups excluding carboxylic acids is 1. The number of nitrogens with zero attached hydrogens (tertiary/aromatic N) is 2. The first-order valence-corrected chi connectivity index (χ1v) is 6.85. The van der Waals surface area contributed by atoms with Crippen molar-refractivity contribution in [3.05, 3.63) is 11.1 Å². The van der Waals surface area contributed by atoms with E-state index in [-0.39, 0.29) is 0 Å². The van der Waals surface area contributed by atoms with Gasteiger partial charge in [-0.3, -0.25) is 5.32 Å². The molecule has 1 atom stereocenters. The molecule has 8 heteroatoms. The van der Waals surface area contributed by atoms with E-state index in [1.165, 1.54) is 28.0 Å². The van der Waals surface area contributed by atoms with E-state index in [4.69, 9.17) is 5.11 Å². The van der Waals surface area contributed by atoms with Crippen LogP contribution >= 0.6 is 23.1 Å². The molecule has 1 aromatic heterocycles. The lowest BCUT2D eigenvalue weighted by Crippen LogP contribution is -2.43. The molecule has 2 heterocycles. The number of aromatic nitrogens is 1. The molecule has 1 saturated heterocycles. The molecule has 1 aliphatic rings. The molecule has 1 aliphatic heterocycles. The minimum absolute atomic E-state index is 0.396. The van der Waals surface area contributed by atoms with Crippen molar-refractivity contribution in [1.29, 1.82) is 0 Å². The highest BCUT2D eigenvalue weighted by atomic mass is 32.2. The van der Waals surface area contributed by atoms with Crippen LogP contribution in [0.15, 0.2) is 6.20 Å². The maximum absolute atomic E-state index is 11.8. The first kappa shape index (κ1) is 12.2. The molecule has 1 unspecified atom stereocenters. The lowest BCUT2D eigenvalue weighted by molar-refractivity contribution is -0.140. The average Bonchev–Trinajstić information content (AvgIpc) is 2.86. The van der Waals surface area contributed by atoms with Gasteiger partial charge in [0.05, 0.1) is 5.88 Å². The summed E-state index contributed by atoms with van der Waals surface area (Å²) in [5.74, 6) is -0.146. The quantitative estimate of drug-likeness (QED) is 0.852. The number of nitrogens with one attached hydrogen (secondary N) is 1. The first-order valence-electron chi connectivity index (χ1n) is 4.88. The van der Waals surface area contributed by atoms with E-state index in [1.54, 1.807) is 6.20 Å². The van der Waals surface area contributed by atoms with E-state index < -0.39 is 18.0 Å². The Balaban J connectivity index is 2.02. The van der Waals surface area contributed by atoms with Gasteiger partial charge in [-0.2, -0.15) is 0 Å². The summed E-state index contributed by atoms with van der Waals surface area (Å²) >= 11 is 2.79. The number of thioether (sulfide) groups is 1. The van der Waals surface area contributed by atoms with Crippen LogP contribution in [0.2, 0.25) is 0 Å². The molecule has 6 nitrogen and oxygen atoms in total. The Bertz CT molecular complexity index is 448. The third-order valence-corrected chi connectivity index (χ3v) is 4.10. The highest BCUT2D eigenvalue weighted by molar-refractivity contribution is 7.99. The topological polar surface area (TPSA) is 82.5 Å². The molecule has 1 aromatic rings. The van der Waals surface area contributed by atoms with Crippen molar-refractivity contribution in [2.24, 2.45) is 0 Å². The van der Waals surface area contributed by atoms with Gasteiger partial charge in [-0.05, 0) is 6.92 Å². The summed E-state index contributed by atoms with van der Waals surface area (Å²) in [7, 11) is 0. The van der Waals surface area contributed by atoms with Gasteiger partial charge in [0.25, 0.3) is 0 Å². The van der Waals surface area contributed by atoms with E-state index in [0.29, 0.717) is 16.8 Å². The molecule has 17 heavy (non-hydrogen) atoms. The van der Waals surface area contributed by atoms with E-state index >= 15 is 0 Å². The third-order valence-electron chi connectivity index (χ3n) is 2.26. The van der Waals surface area contributed by atoms with Crippen LogP contribution < -0.4 is 5.32 Å². The Hall–Kier alpha value is -1.28. The van der Waals surface area contributed by atoms with E-state index in [1.807, 2.05) is 6.92 Å². The summed E-state index contributed by atoms with van der Waals surface area (Å²) in [5, 5.41) is 12.1. The second-order valence-corrected chi connectivity index (χ2v) is 5.76. The molecule has 2 N–H and O–H groups in total. The number of amides is 2. The largest absolute Gasteiger partial charge is 0.480 e. The number of anilines is 1. The van der Waals surface area contributed by atoms with Crippen LogP contribution in [0.4, 0.5) is 9.93 Å². The zero-order valence-corrected chi connectivity index (χ0v) is 10.7. The van der Waals surface area contributed by atoms with E-state index in [0.717, 1.165) is 4.88 Å². The van der Waals surface area contributed by atoms with Gasteiger partial charge in [-0.1, -0.05) is 0 Å². The van der Waals surface area contributed by atoms with Gasteiger partial charge in [0, 0.05) is 16.8 Å². The van der Waals surface area contributed by atoms with Gasteiger partial charge in [0.1, 0.15) is 6.04 Å². The number of aliphatic carboxylic acids is 1.